The number of benzene rings is 2. The molecule has 0 aromatic heterocycles. The van der Waals surface area contributed by atoms with E-state index in [-0.39, 0.29) is 36.6 Å². The summed E-state index contributed by atoms with van der Waals surface area (Å²) in [6.45, 7) is 1.30. The van der Waals surface area contributed by atoms with E-state index in [1.807, 2.05) is 35.2 Å². The number of halogens is 1. The molecule has 2 aliphatic heterocycles. The van der Waals surface area contributed by atoms with Gasteiger partial charge in [0.15, 0.2) is 0 Å². The molecule has 8 heteroatoms. The zero-order valence-electron chi connectivity index (χ0n) is 16.4. The van der Waals surface area contributed by atoms with Crippen molar-refractivity contribution in [2.24, 2.45) is 0 Å². The summed E-state index contributed by atoms with van der Waals surface area (Å²) in [4.78, 5) is 40.9. The fourth-order valence-corrected chi connectivity index (χ4v) is 3.97. The Morgan fingerprint density at radius 2 is 1.70 bits per heavy atom. The van der Waals surface area contributed by atoms with E-state index < -0.39 is 11.4 Å². The Balaban J connectivity index is 1.33. The number of nitrogens with one attached hydrogen (secondary N) is 2. The second-order valence-corrected chi connectivity index (χ2v) is 7.69. The van der Waals surface area contributed by atoms with E-state index in [1.165, 1.54) is 17.0 Å². The number of piperidine rings is 1. The molecule has 0 unspecified atom stereocenters. The van der Waals surface area contributed by atoms with E-state index >= 15 is 0 Å². The van der Waals surface area contributed by atoms with Crippen LogP contribution in [-0.2, 0) is 16.1 Å². The molecule has 0 aliphatic carbocycles. The van der Waals surface area contributed by atoms with Gasteiger partial charge in [-0.2, -0.15) is 0 Å². The summed E-state index contributed by atoms with van der Waals surface area (Å²) in [5.41, 5.74) is 0.121. The van der Waals surface area contributed by atoms with E-state index in [1.54, 1.807) is 12.1 Å². The Kier molecular flexibility index (Phi) is 5.50. The number of urea groups is 1. The van der Waals surface area contributed by atoms with Gasteiger partial charge in [-0.1, -0.05) is 42.5 Å². The van der Waals surface area contributed by atoms with Crippen LogP contribution >= 0.6 is 0 Å². The molecule has 156 valence electrons. The van der Waals surface area contributed by atoms with Gasteiger partial charge in [-0.15, -0.1) is 0 Å². The lowest BCUT2D eigenvalue weighted by Crippen LogP contribution is -2.55. The molecule has 2 saturated heterocycles. The first kappa shape index (κ1) is 20.0. The maximum Gasteiger partial charge on any atom is 0.325 e. The van der Waals surface area contributed by atoms with Crippen LogP contribution in [0, 0.1) is 5.82 Å². The van der Waals surface area contributed by atoms with Gasteiger partial charge in [0.05, 0.1) is 18.8 Å². The zero-order valence-corrected chi connectivity index (χ0v) is 16.4. The number of hydrogen-bond donors (Lipinski definition) is 2. The minimum Gasteiger partial charge on any atom is -0.323 e. The number of hydrogen-bond acceptors (Lipinski definition) is 4. The number of likely N-dealkylation sites (tertiary alicyclic amines) is 1. The number of nitrogens with zero attached hydrogens (tertiary/aromatic N) is 2. The average molecular weight is 410 g/mol. The first-order chi connectivity index (χ1) is 14.5. The van der Waals surface area contributed by atoms with E-state index in [0.29, 0.717) is 25.9 Å². The minimum absolute atomic E-state index is 0.0975. The number of carbonyl (C=O) groups excluding carboxylic acids is 3. The Morgan fingerprint density at radius 3 is 2.40 bits per heavy atom. The molecule has 2 aromatic carbocycles. The molecule has 2 heterocycles. The number of carbonyl (C=O) groups is 3. The Hall–Kier alpha value is -3.26. The standard InChI is InChI=1S/C22H23FN4O3/c23-17-8-4-5-9-18(17)24-19(28)15-26-12-10-22(11-13-26)20(29)27(21(30)25-22)14-16-6-2-1-3-7-16/h1-9H,10-15H2,(H,24,28)(H,25,30). The first-order valence-electron chi connectivity index (χ1n) is 9.92. The summed E-state index contributed by atoms with van der Waals surface area (Å²) in [5.74, 6) is -1.02. The molecule has 2 aromatic rings. The molecular formula is C22H23FN4O3. The van der Waals surface area contributed by atoms with Crippen LogP contribution in [0.3, 0.4) is 0 Å². The zero-order chi connectivity index (χ0) is 21.1. The highest BCUT2D eigenvalue weighted by Gasteiger charge is 2.52. The summed E-state index contributed by atoms with van der Waals surface area (Å²) in [6, 6.07) is 15.0. The normalized spacial score (nSPS) is 18.5. The number of anilines is 1. The smallest absolute Gasteiger partial charge is 0.323 e. The number of amides is 4. The van der Waals surface area contributed by atoms with Crippen LogP contribution in [0.15, 0.2) is 54.6 Å². The Labute approximate surface area is 173 Å². The molecule has 0 atom stereocenters. The van der Waals surface area contributed by atoms with Crippen molar-refractivity contribution >= 4 is 23.5 Å². The van der Waals surface area contributed by atoms with Crippen LogP contribution < -0.4 is 10.6 Å². The maximum absolute atomic E-state index is 13.7. The van der Waals surface area contributed by atoms with Crippen molar-refractivity contribution in [3.05, 3.63) is 66.0 Å². The Morgan fingerprint density at radius 1 is 1.03 bits per heavy atom. The van der Waals surface area contributed by atoms with Gasteiger partial charge in [0, 0.05) is 13.1 Å². The quantitative estimate of drug-likeness (QED) is 0.742. The topological polar surface area (TPSA) is 81.8 Å². The lowest BCUT2D eigenvalue weighted by Gasteiger charge is -2.36. The summed E-state index contributed by atoms with van der Waals surface area (Å²) < 4.78 is 13.7. The van der Waals surface area contributed by atoms with E-state index in [9.17, 15) is 18.8 Å². The second-order valence-electron chi connectivity index (χ2n) is 7.69. The van der Waals surface area contributed by atoms with Crippen LogP contribution in [0.2, 0.25) is 0 Å². The number of rotatable bonds is 5. The van der Waals surface area contributed by atoms with Crippen LogP contribution in [0.25, 0.3) is 0 Å². The fraction of sp³-hybridized carbons (Fsp3) is 0.318. The highest BCUT2D eigenvalue weighted by molar-refractivity contribution is 6.07. The molecule has 4 amide bonds. The van der Waals surface area contributed by atoms with Gasteiger partial charge in [0.2, 0.25) is 5.91 Å². The number of imide groups is 1. The first-order valence-corrected chi connectivity index (χ1v) is 9.92. The van der Waals surface area contributed by atoms with Crippen molar-refractivity contribution in [3.63, 3.8) is 0 Å². The van der Waals surface area contributed by atoms with Gasteiger partial charge >= 0.3 is 6.03 Å². The van der Waals surface area contributed by atoms with Gasteiger partial charge in [-0.3, -0.25) is 19.4 Å². The van der Waals surface area contributed by atoms with Gasteiger partial charge in [-0.25, -0.2) is 9.18 Å². The number of para-hydroxylation sites is 1. The highest BCUT2D eigenvalue weighted by Crippen LogP contribution is 2.30. The van der Waals surface area contributed by atoms with Crippen molar-refractivity contribution in [2.45, 2.75) is 24.9 Å². The molecule has 0 radical (unpaired) electrons. The van der Waals surface area contributed by atoms with Crippen molar-refractivity contribution in [1.29, 1.82) is 0 Å². The molecular weight excluding hydrogens is 387 g/mol. The molecule has 7 nitrogen and oxygen atoms in total. The van der Waals surface area contributed by atoms with Crippen LogP contribution in [0.1, 0.15) is 18.4 Å². The summed E-state index contributed by atoms with van der Waals surface area (Å²) in [7, 11) is 0. The van der Waals surface area contributed by atoms with Crippen LogP contribution in [-0.4, -0.2) is 52.8 Å². The van der Waals surface area contributed by atoms with E-state index in [2.05, 4.69) is 10.6 Å². The largest absolute Gasteiger partial charge is 0.325 e. The highest BCUT2D eigenvalue weighted by atomic mass is 19.1. The maximum atomic E-state index is 13.7. The molecule has 0 bridgehead atoms. The van der Waals surface area contributed by atoms with Crippen molar-refractivity contribution in [2.75, 3.05) is 25.0 Å². The third kappa shape index (κ3) is 4.04. The monoisotopic (exact) mass is 410 g/mol. The van der Waals surface area contributed by atoms with E-state index in [4.69, 9.17) is 0 Å². The Bertz CT molecular complexity index is 958. The molecule has 4 rings (SSSR count). The molecule has 2 aliphatic rings. The van der Waals surface area contributed by atoms with E-state index in [0.717, 1.165) is 5.56 Å². The lowest BCUT2D eigenvalue weighted by atomic mass is 9.87. The molecule has 2 N–H and O–H groups in total. The van der Waals surface area contributed by atoms with Gasteiger partial charge < -0.3 is 10.6 Å². The summed E-state index contributed by atoms with van der Waals surface area (Å²) >= 11 is 0. The van der Waals surface area contributed by atoms with Gasteiger partial charge in [0.25, 0.3) is 5.91 Å². The third-order valence-corrected chi connectivity index (χ3v) is 5.65. The minimum atomic E-state index is -0.912. The van der Waals surface area contributed by atoms with Gasteiger partial charge in [-0.05, 0) is 30.5 Å². The van der Waals surface area contributed by atoms with Crippen molar-refractivity contribution in [1.82, 2.24) is 15.1 Å². The van der Waals surface area contributed by atoms with Crippen LogP contribution in [0.5, 0.6) is 0 Å². The fourth-order valence-electron chi connectivity index (χ4n) is 3.97. The second kappa shape index (κ2) is 8.23. The van der Waals surface area contributed by atoms with Gasteiger partial charge in [0.1, 0.15) is 11.4 Å². The molecule has 30 heavy (non-hydrogen) atoms. The molecule has 1 spiro atoms. The summed E-state index contributed by atoms with van der Waals surface area (Å²) in [6.07, 6.45) is 0.853. The predicted octanol–water partition coefficient (Wildman–Crippen LogP) is 2.35. The lowest BCUT2D eigenvalue weighted by molar-refractivity contribution is -0.133. The van der Waals surface area contributed by atoms with Crippen molar-refractivity contribution < 1.29 is 18.8 Å². The van der Waals surface area contributed by atoms with Crippen LogP contribution in [0.4, 0.5) is 14.9 Å². The molecule has 2 fully saturated rings. The molecule has 0 saturated carbocycles. The summed E-state index contributed by atoms with van der Waals surface area (Å²) in [5, 5.41) is 5.44. The predicted molar refractivity (Wildman–Crippen MR) is 109 cm³/mol. The third-order valence-electron chi connectivity index (χ3n) is 5.65. The SMILES string of the molecule is O=C(CN1CCC2(CC1)NC(=O)N(Cc1ccccc1)C2=O)Nc1ccccc1F. The van der Waals surface area contributed by atoms with Crippen molar-refractivity contribution in [3.8, 4) is 0 Å². The average Bonchev–Trinajstić information content (AvgIpc) is 2.96.